The largest absolute Gasteiger partial charge is 0.465 e. The molecular weight excluding hydrogens is 351 g/mol. The smallest absolute Gasteiger partial charge is 0.416 e. The number of hydrogen-bond donors (Lipinski definition) is 0. The van der Waals surface area contributed by atoms with Crippen molar-refractivity contribution >= 4 is 5.97 Å². The lowest BCUT2D eigenvalue weighted by Crippen LogP contribution is -2.42. The fourth-order valence-electron chi connectivity index (χ4n) is 2.33. The minimum atomic E-state index is -4.50. The summed E-state index contributed by atoms with van der Waals surface area (Å²) in [5.74, 6) is -0.565. The molecule has 2 unspecified atom stereocenters. The van der Waals surface area contributed by atoms with E-state index >= 15 is 0 Å². The van der Waals surface area contributed by atoms with Gasteiger partial charge in [0.2, 0.25) is 6.23 Å². The molecule has 0 spiro atoms. The number of esters is 1. The van der Waals surface area contributed by atoms with Gasteiger partial charge in [-0.1, -0.05) is 26.8 Å². The summed E-state index contributed by atoms with van der Waals surface area (Å²) in [5.41, 5.74) is -1.42. The summed E-state index contributed by atoms with van der Waals surface area (Å²) in [7, 11) is 0. The van der Waals surface area contributed by atoms with Gasteiger partial charge in [0.15, 0.2) is 6.10 Å². The normalized spacial score (nSPS) is 14.6. The van der Waals surface area contributed by atoms with Crippen LogP contribution >= 0.6 is 0 Å². The molecule has 0 bridgehead atoms. The van der Waals surface area contributed by atoms with Crippen molar-refractivity contribution in [1.82, 2.24) is 14.8 Å². The molecule has 1 heterocycles. The van der Waals surface area contributed by atoms with E-state index in [2.05, 4.69) is 10.1 Å². The lowest BCUT2D eigenvalue weighted by molar-refractivity contribution is -0.166. The van der Waals surface area contributed by atoms with Crippen molar-refractivity contribution in [1.29, 1.82) is 0 Å². The van der Waals surface area contributed by atoms with Crippen molar-refractivity contribution < 1.29 is 27.4 Å². The van der Waals surface area contributed by atoms with Crippen LogP contribution in [0.25, 0.3) is 0 Å². The van der Waals surface area contributed by atoms with E-state index in [-0.39, 0.29) is 5.75 Å². The second-order valence-corrected chi connectivity index (χ2v) is 6.81. The van der Waals surface area contributed by atoms with E-state index in [0.717, 1.165) is 12.1 Å². The maximum Gasteiger partial charge on any atom is 0.416 e. The number of nitrogens with zero attached hydrogens (tertiary/aromatic N) is 3. The van der Waals surface area contributed by atoms with Crippen LogP contribution in [0.4, 0.5) is 13.2 Å². The Morgan fingerprint density at radius 1 is 1.23 bits per heavy atom. The van der Waals surface area contributed by atoms with Crippen LogP contribution in [0.1, 0.15) is 39.5 Å². The van der Waals surface area contributed by atoms with Crippen LogP contribution in [0.2, 0.25) is 0 Å². The van der Waals surface area contributed by atoms with Crippen molar-refractivity contribution in [2.45, 2.75) is 46.2 Å². The summed E-state index contributed by atoms with van der Waals surface area (Å²) in [6.07, 6.45) is -3.71. The number of hydrogen-bond acceptors (Lipinski definition) is 5. The first kappa shape index (κ1) is 19.7. The lowest BCUT2D eigenvalue weighted by atomic mass is 9.87. The highest BCUT2D eigenvalue weighted by Crippen LogP contribution is 2.35. The van der Waals surface area contributed by atoms with Gasteiger partial charge < -0.3 is 9.47 Å². The van der Waals surface area contributed by atoms with Crippen molar-refractivity contribution in [3.63, 3.8) is 0 Å². The molecule has 142 valence electrons. The molecule has 2 atom stereocenters. The zero-order valence-corrected chi connectivity index (χ0v) is 14.8. The van der Waals surface area contributed by atoms with Crippen molar-refractivity contribution in [3.8, 4) is 5.75 Å². The first-order valence-electron chi connectivity index (χ1n) is 7.84. The molecule has 1 aromatic carbocycles. The molecule has 0 aliphatic heterocycles. The third kappa shape index (κ3) is 4.96. The molecule has 9 heteroatoms. The van der Waals surface area contributed by atoms with Gasteiger partial charge >= 0.3 is 12.1 Å². The molecule has 1 aromatic heterocycles. The summed E-state index contributed by atoms with van der Waals surface area (Å²) in [6.45, 7) is 6.71. The topological polar surface area (TPSA) is 66.2 Å². The summed E-state index contributed by atoms with van der Waals surface area (Å²) in [5, 5.41) is 3.99. The number of benzene rings is 1. The minimum Gasteiger partial charge on any atom is -0.465 e. The zero-order chi connectivity index (χ0) is 19.5. The van der Waals surface area contributed by atoms with Gasteiger partial charge in [-0.25, -0.2) is 9.67 Å². The third-order valence-corrected chi connectivity index (χ3v) is 3.52. The average molecular weight is 371 g/mol. The molecule has 0 saturated heterocycles. The number of carbonyl (C=O) groups is 1. The van der Waals surface area contributed by atoms with Gasteiger partial charge in [-0.15, -0.1) is 0 Å². The molecular formula is C17H20F3N3O3. The van der Waals surface area contributed by atoms with E-state index in [1.165, 1.54) is 36.4 Å². The van der Waals surface area contributed by atoms with Gasteiger partial charge in [0.1, 0.15) is 18.4 Å². The lowest BCUT2D eigenvalue weighted by Gasteiger charge is -2.35. The highest BCUT2D eigenvalue weighted by atomic mass is 19.4. The fraction of sp³-hybridized carbons (Fsp3) is 0.471. The summed E-state index contributed by atoms with van der Waals surface area (Å²) >= 11 is 0. The molecule has 6 nitrogen and oxygen atoms in total. The Bertz CT molecular complexity index is 740. The minimum absolute atomic E-state index is 0.0262. The van der Waals surface area contributed by atoms with Crippen LogP contribution in [0.3, 0.4) is 0 Å². The second kappa shape index (κ2) is 7.35. The standard InChI is InChI=1S/C17H20F3N3O3/c1-11(24)25-14(16(2,3)4)15(23-10-21-9-22-23)26-13-7-5-6-12(8-13)17(18,19)20/h5-10,14-15H,1-4H3. The van der Waals surface area contributed by atoms with E-state index in [1.807, 2.05) is 20.8 Å². The molecule has 0 saturated carbocycles. The molecule has 0 aliphatic rings. The van der Waals surface area contributed by atoms with Crippen molar-refractivity contribution in [3.05, 3.63) is 42.5 Å². The number of aromatic nitrogens is 3. The predicted molar refractivity (Wildman–Crippen MR) is 86.1 cm³/mol. The van der Waals surface area contributed by atoms with Crippen LogP contribution in [0.5, 0.6) is 5.75 Å². The van der Waals surface area contributed by atoms with E-state index in [4.69, 9.17) is 9.47 Å². The molecule has 0 radical (unpaired) electrons. The maximum absolute atomic E-state index is 12.9. The summed E-state index contributed by atoms with van der Waals surface area (Å²) in [4.78, 5) is 15.4. The highest BCUT2D eigenvalue weighted by molar-refractivity contribution is 5.66. The Balaban J connectivity index is 2.42. The molecule has 0 aliphatic carbocycles. The van der Waals surface area contributed by atoms with Crippen LogP contribution in [-0.4, -0.2) is 26.8 Å². The number of rotatable bonds is 5. The summed E-state index contributed by atoms with van der Waals surface area (Å²) < 4.78 is 51.3. The van der Waals surface area contributed by atoms with E-state index in [9.17, 15) is 18.0 Å². The predicted octanol–water partition coefficient (Wildman–Crippen LogP) is 3.85. The van der Waals surface area contributed by atoms with Crippen molar-refractivity contribution in [2.75, 3.05) is 0 Å². The van der Waals surface area contributed by atoms with Gasteiger partial charge in [0.05, 0.1) is 5.56 Å². The fourth-order valence-corrected chi connectivity index (χ4v) is 2.33. The zero-order valence-electron chi connectivity index (χ0n) is 14.8. The van der Waals surface area contributed by atoms with Gasteiger partial charge in [-0.2, -0.15) is 18.3 Å². The van der Waals surface area contributed by atoms with E-state index < -0.39 is 35.5 Å². The Labute approximate surface area is 148 Å². The van der Waals surface area contributed by atoms with Gasteiger partial charge in [-0.3, -0.25) is 4.79 Å². The SMILES string of the molecule is CC(=O)OC(C(Oc1cccc(C(F)(F)F)c1)n1cncn1)C(C)(C)C. The summed E-state index contributed by atoms with van der Waals surface area (Å²) in [6, 6.07) is 4.48. The monoisotopic (exact) mass is 371 g/mol. The molecule has 0 fully saturated rings. The first-order chi connectivity index (χ1) is 12.0. The molecule has 0 N–H and O–H groups in total. The Morgan fingerprint density at radius 2 is 1.92 bits per heavy atom. The quantitative estimate of drug-likeness (QED) is 0.747. The Hall–Kier alpha value is -2.58. The van der Waals surface area contributed by atoms with Crippen molar-refractivity contribution in [2.24, 2.45) is 5.41 Å². The number of carbonyl (C=O) groups excluding carboxylic acids is 1. The molecule has 0 amide bonds. The van der Waals surface area contributed by atoms with Crippen LogP contribution in [0, 0.1) is 5.41 Å². The first-order valence-corrected chi connectivity index (χ1v) is 7.84. The third-order valence-electron chi connectivity index (χ3n) is 3.52. The highest BCUT2D eigenvalue weighted by Gasteiger charge is 2.39. The Morgan fingerprint density at radius 3 is 2.42 bits per heavy atom. The van der Waals surface area contributed by atoms with Gasteiger partial charge in [0.25, 0.3) is 0 Å². The van der Waals surface area contributed by atoms with Crippen LogP contribution in [0.15, 0.2) is 36.9 Å². The van der Waals surface area contributed by atoms with E-state index in [0.29, 0.717) is 0 Å². The molecule has 2 aromatic rings. The maximum atomic E-state index is 12.9. The molecule has 2 rings (SSSR count). The van der Waals surface area contributed by atoms with Crippen LogP contribution in [-0.2, 0) is 15.7 Å². The van der Waals surface area contributed by atoms with Crippen LogP contribution < -0.4 is 4.74 Å². The average Bonchev–Trinajstić information content (AvgIpc) is 3.03. The number of alkyl halides is 3. The second-order valence-electron chi connectivity index (χ2n) is 6.81. The van der Waals surface area contributed by atoms with E-state index in [1.54, 1.807) is 0 Å². The Kier molecular flexibility index (Phi) is 5.58. The van der Waals surface area contributed by atoms with Gasteiger partial charge in [-0.05, 0) is 18.2 Å². The number of halogens is 3. The number of ether oxygens (including phenoxy) is 2. The molecule has 26 heavy (non-hydrogen) atoms. The van der Waals surface area contributed by atoms with Gasteiger partial charge in [0, 0.05) is 12.3 Å².